The number of nitrogens with zero attached hydrogens (tertiary/aromatic N) is 1. The van der Waals surface area contributed by atoms with Gasteiger partial charge in [-0.15, -0.1) is 11.8 Å². The molecule has 2 amide bonds. The lowest BCUT2D eigenvalue weighted by Gasteiger charge is -2.17. The molecule has 4 rings (SSSR count). The molecule has 4 nitrogen and oxygen atoms in total. The number of benzene rings is 3. The zero-order valence-corrected chi connectivity index (χ0v) is 19.1. The van der Waals surface area contributed by atoms with Gasteiger partial charge >= 0.3 is 0 Å². The Hall–Kier alpha value is -2.79. The van der Waals surface area contributed by atoms with Crippen molar-refractivity contribution >= 4 is 45.7 Å². The number of carbonyl (C=O) groups excluding carboxylic acids is 2. The van der Waals surface area contributed by atoms with Gasteiger partial charge in [0.2, 0.25) is 5.91 Å². The van der Waals surface area contributed by atoms with Gasteiger partial charge in [-0.25, -0.2) is 0 Å². The number of hydrogen-bond acceptors (Lipinski definition) is 3. The minimum Gasteiger partial charge on any atom is -0.325 e. The Morgan fingerprint density at radius 2 is 1.84 bits per heavy atom. The number of anilines is 2. The van der Waals surface area contributed by atoms with Crippen LogP contribution in [0.25, 0.3) is 10.8 Å². The molecule has 0 atom stereocenters. The van der Waals surface area contributed by atoms with Crippen molar-refractivity contribution in [2.75, 3.05) is 16.8 Å². The smallest absolute Gasteiger partial charge is 0.258 e. The molecule has 3 aromatic rings. The van der Waals surface area contributed by atoms with Crippen molar-refractivity contribution in [3.8, 4) is 0 Å². The van der Waals surface area contributed by atoms with E-state index in [-0.39, 0.29) is 11.8 Å². The number of unbranched alkanes of at least 4 members (excludes halogenated alkanes) is 1. The summed E-state index contributed by atoms with van der Waals surface area (Å²) in [6.07, 6.45) is 2.32. The average molecular weight is 433 g/mol. The van der Waals surface area contributed by atoms with Crippen molar-refractivity contribution in [3.05, 3.63) is 65.7 Å². The predicted molar refractivity (Wildman–Crippen MR) is 130 cm³/mol. The lowest BCUT2D eigenvalue weighted by atomic mass is 10.0. The van der Waals surface area contributed by atoms with Crippen molar-refractivity contribution in [1.29, 1.82) is 0 Å². The van der Waals surface area contributed by atoms with Gasteiger partial charge in [-0.1, -0.05) is 51.5 Å². The number of thioether (sulfide) groups is 1. The lowest BCUT2D eigenvalue weighted by Crippen LogP contribution is -2.27. The van der Waals surface area contributed by atoms with Crippen LogP contribution in [0.15, 0.2) is 59.5 Å². The van der Waals surface area contributed by atoms with E-state index in [1.165, 1.54) is 4.90 Å². The Kier molecular flexibility index (Phi) is 6.33. The standard InChI is InChI=1S/C26H28N2O2S/c1-4-5-15-28-23-14-13-22(20-7-6-8-21(25(20)23)26(28)30)27-24(29)16-18-9-11-19(12-10-18)31-17(2)3/h6-14,17H,4-5,15-16H2,1-3H3,(H,27,29). The summed E-state index contributed by atoms with van der Waals surface area (Å²) >= 11 is 1.81. The van der Waals surface area contributed by atoms with Crippen LogP contribution < -0.4 is 10.2 Å². The summed E-state index contributed by atoms with van der Waals surface area (Å²) in [5.41, 5.74) is 3.40. The first kappa shape index (κ1) is 21.4. The minimum atomic E-state index is -0.0582. The van der Waals surface area contributed by atoms with Gasteiger partial charge in [0.15, 0.2) is 0 Å². The van der Waals surface area contributed by atoms with Crippen LogP contribution in [0.5, 0.6) is 0 Å². The van der Waals surface area contributed by atoms with E-state index in [2.05, 4.69) is 38.2 Å². The molecule has 1 N–H and O–H groups in total. The molecule has 0 unspecified atom stereocenters. The molecular weight excluding hydrogens is 404 g/mol. The van der Waals surface area contributed by atoms with Crippen LogP contribution in [-0.4, -0.2) is 23.6 Å². The van der Waals surface area contributed by atoms with Crippen LogP contribution in [0.4, 0.5) is 11.4 Å². The summed E-state index contributed by atoms with van der Waals surface area (Å²) < 4.78 is 0. The van der Waals surface area contributed by atoms with Gasteiger partial charge < -0.3 is 10.2 Å². The second-order valence-corrected chi connectivity index (χ2v) is 9.86. The van der Waals surface area contributed by atoms with Gasteiger partial charge in [-0.05, 0) is 42.3 Å². The van der Waals surface area contributed by atoms with Crippen molar-refractivity contribution in [3.63, 3.8) is 0 Å². The maximum absolute atomic E-state index is 12.9. The molecule has 1 heterocycles. The number of amides is 2. The number of hydrogen-bond donors (Lipinski definition) is 1. The molecule has 3 aromatic carbocycles. The Labute approximate surface area is 188 Å². The van der Waals surface area contributed by atoms with Crippen molar-refractivity contribution in [2.45, 2.75) is 50.2 Å². The number of nitrogens with one attached hydrogen (secondary N) is 1. The van der Waals surface area contributed by atoms with Crippen LogP contribution in [0.1, 0.15) is 49.5 Å². The fourth-order valence-corrected chi connectivity index (χ4v) is 4.87. The van der Waals surface area contributed by atoms with Gasteiger partial charge in [0, 0.05) is 38.7 Å². The maximum atomic E-state index is 12.9. The summed E-state index contributed by atoms with van der Waals surface area (Å²) in [5, 5.41) is 5.45. The molecule has 1 aliphatic heterocycles. The zero-order chi connectivity index (χ0) is 22.0. The van der Waals surface area contributed by atoms with E-state index in [9.17, 15) is 9.59 Å². The molecule has 0 bridgehead atoms. The Morgan fingerprint density at radius 3 is 2.55 bits per heavy atom. The van der Waals surface area contributed by atoms with Crippen molar-refractivity contribution < 1.29 is 9.59 Å². The highest BCUT2D eigenvalue weighted by atomic mass is 32.2. The Balaban J connectivity index is 1.54. The fourth-order valence-electron chi connectivity index (χ4n) is 4.03. The highest BCUT2D eigenvalue weighted by Crippen LogP contribution is 2.40. The SMILES string of the molecule is CCCCN1C(=O)c2cccc3c(NC(=O)Cc4ccc(SC(C)C)cc4)ccc1c23. The molecule has 5 heteroatoms. The molecule has 0 aromatic heterocycles. The van der Waals surface area contributed by atoms with E-state index < -0.39 is 0 Å². The average Bonchev–Trinajstić information content (AvgIpc) is 3.02. The molecule has 31 heavy (non-hydrogen) atoms. The van der Waals surface area contributed by atoms with Crippen molar-refractivity contribution in [1.82, 2.24) is 0 Å². The molecular formula is C26H28N2O2S. The van der Waals surface area contributed by atoms with Crippen LogP contribution in [-0.2, 0) is 11.2 Å². The van der Waals surface area contributed by atoms with Gasteiger partial charge in [-0.3, -0.25) is 9.59 Å². The third kappa shape index (κ3) is 4.47. The molecule has 0 aliphatic carbocycles. The molecule has 0 radical (unpaired) electrons. The maximum Gasteiger partial charge on any atom is 0.258 e. The second kappa shape index (κ2) is 9.15. The molecule has 1 aliphatic rings. The van der Waals surface area contributed by atoms with E-state index in [1.54, 1.807) is 0 Å². The topological polar surface area (TPSA) is 49.4 Å². The van der Waals surface area contributed by atoms with Gasteiger partial charge in [-0.2, -0.15) is 0 Å². The van der Waals surface area contributed by atoms with Gasteiger partial charge in [0.25, 0.3) is 5.91 Å². The second-order valence-electron chi connectivity index (χ2n) is 8.21. The fraction of sp³-hybridized carbons (Fsp3) is 0.308. The predicted octanol–water partition coefficient (Wildman–Crippen LogP) is 6.28. The summed E-state index contributed by atoms with van der Waals surface area (Å²) in [6, 6.07) is 17.8. The first-order chi connectivity index (χ1) is 15.0. The van der Waals surface area contributed by atoms with Crippen LogP contribution in [0.3, 0.4) is 0 Å². The Morgan fingerprint density at radius 1 is 1.06 bits per heavy atom. The first-order valence-corrected chi connectivity index (χ1v) is 11.8. The minimum absolute atomic E-state index is 0.0527. The van der Waals surface area contributed by atoms with Crippen molar-refractivity contribution in [2.24, 2.45) is 0 Å². The molecule has 0 saturated carbocycles. The summed E-state index contributed by atoms with van der Waals surface area (Å²) in [7, 11) is 0. The van der Waals surface area contributed by atoms with E-state index >= 15 is 0 Å². The van der Waals surface area contributed by atoms with E-state index in [0.717, 1.165) is 52.7 Å². The number of rotatable bonds is 8. The third-order valence-electron chi connectivity index (χ3n) is 5.45. The van der Waals surface area contributed by atoms with Gasteiger partial charge in [0.1, 0.15) is 0 Å². The van der Waals surface area contributed by atoms with Crippen LogP contribution in [0.2, 0.25) is 0 Å². The van der Waals surface area contributed by atoms with E-state index in [0.29, 0.717) is 11.7 Å². The molecule has 0 fully saturated rings. The third-order valence-corrected chi connectivity index (χ3v) is 6.47. The lowest BCUT2D eigenvalue weighted by molar-refractivity contribution is -0.115. The first-order valence-electron chi connectivity index (χ1n) is 10.9. The van der Waals surface area contributed by atoms with Crippen LogP contribution in [0, 0.1) is 0 Å². The molecule has 0 saturated heterocycles. The largest absolute Gasteiger partial charge is 0.325 e. The summed E-state index contributed by atoms with van der Waals surface area (Å²) in [4.78, 5) is 28.7. The quantitative estimate of drug-likeness (QED) is 0.426. The monoisotopic (exact) mass is 432 g/mol. The highest BCUT2D eigenvalue weighted by molar-refractivity contribution is 7.99. The normalized spacial score (nSPS) is 12.8. The summed E-state index contributed by atoms with van der Waals surface area (Å²) in [5.74, 6) is -0.00554. The molecule has 0 spiro atoms. The molecule has 160 valence electrons. The van der Waals surface area contributed by atoms with E-state index in [1.807, 2.05) is 59.1 Å². The van der Waals surface area contributed by atoms with E-state index in [4.69, 9.17) is 0 Å². The highest BCUT2D eigenvalue weighted by Gasteiger charge is 2.30. The van der Waals surface area contributed by atoms with Crippen LogP contribution >= 0.6 is 11.8 Å². The number of carbonyl (C=O) groups is 2. The zero-order valence-electron chi connectivity index (χ0n) is 18.3. The Bertz CT molecular complexity index is 1120. The summed E-state index contributed by atoms with van der Waals surface area (Å²) in [6.45, 7) is 7.18. The van der Waals surface area contributed by atoms with Gasteiger partial charge in [0.05, 0.1) is 12.1 Å².